The van der Waals surface area contributed by atoms with Gasteiger partial charge < -0.3 is 4.74 Å². The van der Waals surface area contributed by atoms with Gasteiger partial charge in [-0.05, 0) is 29.5 Å². The van der Waals surface area contributed by atoms with E-state index in [1.54, 1.807) is 30.4 Å². The SMILES string of the molecule is COc1ccc(CC(C(=O)n2ccnc2)C(C)(C)C)cc1. The second-order valence-electron chi connectivity index (χ2n) is 6.28. The Morgan fingerprint density at radius 2 is 1.95 bits per heavy atom. The Kier molecular flexibility index (Phi) is 4.46. The van der Waals surface area contributed by atoms with E-state index in [1.807, 2.05) is 24.3 Å². The van der Waals surface area contributed by atoms with Crippen LogP contribution < -0.4 is 4.74 Å². The number of benzene rings is 1. The van der Waals surface area contributed by atoms with Crippen molar-refractivity contribution in [2.24, 2.45) is 11.3 Å². The maximum atomic E-state index is 12.7. The van der Waals surface area contributed by atoms with Gasteiger partial charge in [0.15, 0.2) is 0 Å². The molecule has 112 valence electrons. The van der Waals surface area contributed by atoms with Crippen LogP contribution in [0.25, 0.3) is 0 Å². The number of rotatable bonds is 4. The molecule has 0 saturated heterocycles. The standard InChI is InChI=1S/C17H22N2O2/c1-17(2,3)15(16(20)19-10-9-18-12-19)11-13-5-7-14(21-4)8-6-13/h5-10,12,15H,11H2,1-4H3. The number of nitrogens with zero attached hydrogens (tertiary/aromatic N) is 2. The van der Waals surface area contributed by atoms with E-state index in [1.165, 1.54) is 0 Å². The van der Waals surface area contributed by atoms with Gasteiger partial charge in [-0.15, -0.1) is 0 Å². The maximum absolute atomic E-state index is 12.7. The molecule has 2 rings (SSSR count). The van der Waals surface area contributed by atoms with Crippen molar-refractivity contribution < 1.29 is 9.53 Å². The molecule has 2 aromatic rings. The van der Waals surface area contributed by atoms with Crippen LogP contribution in [-0.4, -0.2) is 22.6 Å². The summed E-state index contributed by atoms with van der Waals surface area (Å²) in [6.45, 7) is 6.28. The highest BCUT2D eigenvalue weighted by Gasteiger charge is 2.32. The van der Waals surface area contributed by atoms with Crippen LogP contribution in [0.5, 0.6) is 5.75 Å². The van der Waals surface area contributed by atoms with Crippen LogP contribution >= 0.6 is 0 Å². The number of carbonyl (C=O) groups excluding carboxylic acids is 1. The smallest absolute Gasteiger partial charge is 0.235 e. The summed E-state index contributed by atoms with van der Waals surface area (Å²) < 4.78 is 6.74. The second-order valence-corrected chi connectivity index (χ2v) is 6.28. The van der Waals surface area contributed by atoms with E-state index in [2.05, 4.69) is 25.8 Å². The van der Waals surface area contributed by atoms with Crippen LogP contribution in [0, 0.1) is 11.3 Å². The van der Waals surface area contributed by atoms with Crippen molar-refractivity contribution in [2.75, 3.05) is 7.11 Å². The molecule has 0 radical (unpaired) electrons. The number of imidazole rings is 1. The number of methoxy groups -OCH3 is 1. The molecule has 1 aromatic carbocycles. The largest absolute Gasteiger partial charge is 0.497 e. The van der Waals surface area contributed by atoms with Crippen LogP contribution in [0.2, 0.25) is 0 Å². The first-order valence-electron chi connectivity index (χ1n) is 7.07. The van der Waals surface area contributed by atoms with Crippen LogP contribution in [-0.2, 0) is 6.42 Å². The third-order valence-corrected chi connectivity index (χ3v) is 3.70. The molecule has 0 bridgehead atoms. The Morgan fingerprint density at radius 3 is 2.43 bits per heavy atom. The van der Waals surface area contributed by atoms with Gasteiger partial charge in [0.05, 0.1) is 7.11 Å². The summed E-state index contributed by atoms with van der Waals surface area (Å²) in [5, 5.41) is 0. The van der Waals surface area contributed by atoms with Gasteiger partial charge >= 0.3 is 0 Å². The summed E-state index contributed by atoms with van der Waals surface area (Å²) in [6.07, 6.45) is 5.60. The van der Waals surface area contributed by atoms with Gasteiger partial charge in [0, 0.05) is 18.3 Å². The molecule has 21 heavy (non-hydrogen) atoms. The Balaban J connectivity index is 2.22. The fourth-order valence-corrected chi connectivity index (χ4v) is 2.33. The fourth-order valence-electron chi connectivity index (χ4n) is 2.33. The minimum Gasteiger partial charge on any atom is -0.497 e. The minimum absolute atomic E-state index is 0.0795. The Hall–Kier alpha value is -2.10. The first-order chi connectivity index (χ1) is 9.91. The lowest BCUT2D eigenvalue weighted by atomic mass is 9.76. The van der Waals surface area contributed by atoms with Gasteiger partial charge in [0.1, 0.15) is 12.1 Å². The quantitative estimate of drug-likeness (QED) is 0.865. The first kappa shape index (κ1) is 15.3. The lowest BCUT2D eigenvalue weighted by Gasteiger charge is -2.29. The van der Waals surface area contributed by atoms with E-state index in [0.717, 1.165) is 11.3 Å². The average Bonchev–Trinajstić information content (AvgIpc) is 2.97. The van der Waals surface area contributed by atoms with E-state index < -0.39 is 0 Å². The van der Waals surface area contributed by atoms with E-state index >= 15 is 0 Å². The molecule has 0 aliphatic rings. The summed E-state index contributed by atoms with van der Waals surface area (Å²) >= 11 is 0. The lowest BCUT2D eigenvalue weighted by Crippen LogP contribution is -2.33. The van der Waals surface area contributed by atoms with Crippen molar-refractivity contribution in [2.45, 2.75) is 27.2 Å². The first-order valence-corrected chi connectivity index (χ1v) is 7.07. The highest BCUT2D eigenvalue weighted by molar-refractivity contribution is 5.82. The van der Waals surface area contributed by atoms with Crippen molar-refractivity contribution in [3.8, 4) is 5.75 Å². The van der Waals surface area contributed by atoms with Crippen molar-refractivity contribution >= 4 is 5.91 Å². The van der Waals surface area contributed by atoms with Crippen molar-refractivity contribution in [1.29, 1.82) is 0 Å². The van der Waals surface area contributed by atoms with E-state index in [0.29, 0.717) is 6.42 Å². The van der Waals surface area contributed by atoms with Gasteiger partial charge in [0.25, 0.3) is 0 Å². The van der Waals surface area contributed by atoms with Gasteiger partial charge in [-0.3, -0.25) is 9.36 Å². The maximum Gasteiger partial charge on any atom is 0.235 e. The van der Waals surface area contributed by atoms with Crippen LogP contribution in [0.4, 0.5) is 0 Å². The molecule has 1 heterocycles. The Labute approximate surface area is 125 Å². The van der Waals surface area contributed by atoms with Gasteiger partial charge in [-0.2, -0.15) is 0 Å². The summed E-state index contributed by atoms with van der Waals surface area (Å²) in [6, 6.07) is 7.88. The molecule has 4 heteroatoms. The molecule has 0 aliphatic heterocycles. The molecule has 0 N–H and O–H groups in total. The molecular formula is C17H22N2O2. The summed E-state index contributed by atoms with van der Waals surface area (Å²) in [7, 11) is 1.65. The molecule has 4 nitrogen and oxygen atoms in total. The molecule has 0 spiro atoms. The zero-order chi connectivity index (χ0) is 15.5. The Morgan fingerprint density at radius 1 is 1.29 bits per heavy atom. The third kappa shape index (κ3) is 3.72. The van der Waals surface area contributed by atoms with Crippen molar-refractivity contribution in [3.63, 3.8) is 0 Å². The summed E-state index contributed by atoms with van der Waals surface area (Å²) in [4.78, 5) is 16.6. The van der Waals surface area contributed by atoms with E-state index in [4.69, 9.17) is 4.74 Å². The van der Waals surface area contributed by atoms with E-state index in [9.17, 15) is 4.79 Å². The average molecular weight is 286 g/mol. The third-order valence-electron chi connectivity index (χ3n) is 3.70. The van der Waals surface area contributed by atoms with Gasteiger partial charge in [-0.25, -0.2) is 4.98 Å². The lowest BCUT2D eigenvalue weighted by molar-refractivity contribution is 0.0724. The number of aromatic nitrogens is 2. The van der Waals surface area contributed by atoms with Gasteiger partial charge in [0.2, 0.25) is 5.91 Å². The fraction of sp³-hybridized carbons (Fsp3) is 0.412. The molecule has 0 aliphatic carbocycles. The molecule has 1 unspecified atom stereocenters. The van der Waals surface area contributed by atoms with E-state index in [-0.39, 0.29) is 17.2 Å². The zero-order valence-corrected chi connectivity index (χ0v) is 13.0. The highest BCUT2D eigenvalue weighted by Crippen LogP contribution is 2.31. The number of ether oxygens (including phenoxy) is 1. The van der Waals surface area contributed by atoms with Crippen LogP contribution in [0.15, 0.2) is 43.0 Å². The molecule has 1 atom stereocenters. The molecular weight excluding hydrogens is 264 g/mol. The molecule has 0 saturated carbocycles. The summed E-state index contributed by atoms with van der Waals surface area (Å²) in [5.41, 5.74) is 1.01. The monoisotopic (exact) mass is 286 g/mol. The number of carbonyl (C=O) groups is 1. The van der Waals surface area contributed by atoms with Gasteiger partial charge in [-0.1, -0.05) is 32.9 Å². The molecule has 0 amide bonds. The number of hydrogen-bond acceptors (Lipinski definition) is 3. The second kappa shape index (κ2) is 6.12. The summed E-state index contributed by atoms with van der Waals surface area (Å²) in [5.74, 6) is 0.794. The topological polar surface area (TPSA) is 44.1 Å². The zero-order valence-electron chi connectivity index (χ0n) is 13.0. The minimum atomic E-state index is -0.124. The Bertz CT molecular complexity index is 580. The highest BCUT2D eigenvalue weighted by atomic mass is 16.5. The van der Waals surface area contributed by atoms with Crippen molar-refractivity contribution in [1.82, 2.24) is 9.55 Å². The predicted molar refractivity (Wildman–Crippen MR) is 82.5 cm³/mol. The van der Waals surface area contributed by atoms with Crippen LogP contribution in [0.1, 0.15) is 31.1 Å². The van der Waals surface area contributed by atoms with Crippen molar-refractivity contribution in [3.05, 3.63) is 48.5 Å². The normalized spacial score (nSPS) is 13.0. The predicted octanol–water partition coefficient (Wildman–Crippen LogP) is 3.44. The van der Waals surface area contributed by atoms with Crippen LogP contribution in [0.3, 0.4) is 0 Å². The molecule has 0 fully saturated rings. The number of hydrogen-bond donors (Lipinski definition) is 0. The molecule has 1 aromatic heterocycles.